The Hall–Kier alpha value is -0.730. The van der Waals surface area contributed by atoms with E-state index in [1.54, 1.807) is 0 Å². The van der Waals surface area contributed by atoms with Crippen LogP contribution in [0, 0.1) is 15.9 Å². The van der Waals surface area contributed by atoms with E-state index < -0.39 is 34.8 Å². The Morgan fingerprint density at radius 3 is 2.40 bits per heavy atom. The number of halogens is 3. The summed E-state index contributed by atoms with van der Waals surface area (Å²) >= 11 is 2.58. The van der Waals surface area contributed by atoms with Crippen LogP contribution in [0.4, 0.5) is 10.1 Å². The highest BCUT2D eigenvalue weighted by atomic mass is 79.9. The molecule has 0 heterocycles. The highest BCUT2D eigenvalue weighted by Crippen LogP contribution is 2.32. The lowest BCUT2D eigenvalue weighted by Crippen LogP contribution is -1.99. The van der Waals surface area contributed by atoms with Crippen molar-refractivity contribution in [3.05, 3.63) is 32.5 Å². The zero-order chi connectivity index (χ0) is 11.8. The van der Waals surface area contributed by atoms with Gasteiger partial charge in [0, 0.05) is 16.7 Å². The van der Waals surface area contributed by atoms with Gasteiger partial charge in [0.1, 0.15) is 9.37 Å². The van der Waals surface area contributed by atoms with E-state index in [1.807, 2.05) is 0 Å². The lowest BCUT2D eigenvalue weighted by Gasteiger charge is -2.01. The zero-order valence-corrected chi connectivity index (χ0v) is 9.94. The SMILES string of the molecule is O=[N+]([O-])c1ccc(S(=O)(=O)Cl)c(F)c1Br. The molecule has 0 spiro atoms. The molecule has 5 nitrogen and oxygen atoms in total. The number of rotatable bonds is 2. The van der Waals surface area contributed by atoms with Gasteiger partial charge in [-0.15, -0.1) is 0 Å². The maximum atomic E-state index is 13.3. The first-order valence-corrected chi connectivity index (χ1v) is 6.42. The first-order valence-electron chi connectivity index (χ1n) is 3.32. The number of nitrogens with zero attached hydrogens (tertiary/aromatic N) is 1. The summed E-state index contributed by atoms with van der Waals surface area (Å²) in [5.74, 6) is -1.28. The van der Waals surface area contributed by atoms with Gasteiger partial charge < -0.3 is 0 Å². The largest absolute Gasteiger partial charge is 0.286 e. The van der Waals surface area contributed by atoms with Crippen molar-refractivity contribution in [2.75, 3.05) is 0 Å². The van der Waals surface area contributed by atoms with Crippen molar-refractivity contribution in [2.45, 2.75) is 4.90 Å². The van der Waals surface area contributed by atoms with Gasteiger partial charge in [0.25, 0.3) is 14.7 Å². The number of hydrogen-bond acceptors (Lipinski definition) is 4. The third-order valence-electron chi connectivity index (χ3n) is 1.49. The summed E-state index contributed by atoms with van der Waals surface area (Å²) in [6.45, 7) is 0. The molecular weight excluding hydrogens is 316 g/mol. The lowest BCUT2D eigenvalue weighted by molar-refractivity contribution is -0.385. The monoisotopic (exact) mass is 317 g/mol. The van der Waals surface area contributed by atoms with Crippen LogP contribution in [0.1, 0.15) is 0 Å². The lowest BCUT2D eigenvalue weighted by atomic mass is 10.3. The van der Waals surface area contributed by atoms with E-state index in [-0.39, 0.29) is 0 Å². The molecule has 1 aromatic carbocycles. The zero-order valence-electron chi connectivity index (χ0n) is 6.78. The number of nitro benzene ring substituents is 1. The van der Waals surface area contributed by atoms with Gasteiger partial charge in [-0.1, -0.05) is 0 Å². The van der Waals surface area contributed by atoms with Gasteiger partial charge in [-0.25, -0.2) is 12.8 Å². The van der Waals surface area contributed by atoms with E-state index in [2.05, 4.69) is 15.9 Å². The van der Waals surface area contributed by atoms with E-state index in [0.29, 0.717) is 0 Å². The van der Waals surface area contributed by atoms with E-state index in [9.17, 15) is 22.9 Å². The van der Waals surface area contributed by atoms with Gasteiger partial charge in [0.2, 0.25) is 0 Å². The number of benzene rings is 1. The first-order chi connectivity index (χ1) is 6.75. The molecular formula is C6H2BrClFNO4S. The van der Waals surface area contributed by atoms with Crippen LogP contribution in [-0.4, -0.2) is 13.3 Å². The molecule has 0 aromatic heterocycles. The average molecular weight is 319 g/mol. The summed E-state index contributed by atoms with van der Waals surface area (Å²) in [4.78, 5) is 8.71. The predicted octanol–water partition coefficient (Wildman–Crippen LogP) is 2.42. The van der Waals surface area contributed by atoms with Crippen molar-refractivity contribution in [2.24, 2.45) is 0 Å². The molecule has 1 aromatic rings. The molecule has 0 aliphatic carbocycles. The number of nitro groups is 1. The molecule has 15 heavy (non-hydrogen) atoms. The second-order valence-corrected chi connectivity index (χ2v) is 5.73. The molecule has 0 aliphatic rings. The molecule has 0 aliphatic heterocycles. The molecule has 0 bridgehead atoms. The Morgan fingerprint density at radius 1 is 1.47 bits per heavy atom. The molecule has 82 valence electrons. The third-order valence-corrected chi connectivity index (χ3v) is 3.58. The molecule has 9 heteroatoms. The molecule has 0 saturated carbocycles. The van der Waals surface area contributed by atoms with E-state index in [0.717, 1.165) is 12.1 Å². The molecule has 0 fully saturated rings. The van der Waals surface area contributed by atoms with Gasteiger partial charge in [-0.2, -0.15) is 0 Å². The van der Waals surface area contributed by atoms with Crippen molar-refractivity contribution >= 4 is 41.4 Å². The van der Waals surface area contributed by atoms with E-state index in [1.165, 1.54) is 0 Å². The van der Waals surface area contributed by atoms with Crippen molar-refractivity contribution in [1.29, 1.82) is 0 Å². The van der Waals surface area contributed by atoms with Crippen LogP contribution < -0.4 is 0 Å². The predicted molar refractivity (Wildman–Crippen MR) is 53.8 cm³/mol. The second kappa shape index (κ2) is 4.03. The Kier molecular flexibility index (Phi) is 3.31. The van der Waals surface area contributed by atoms with Gasteiger partial charge in [0.15, 0.2) is 5.82 Å². The van der Waals surface area contributed by atoms with Crippen LogP contribution in [-0.2, 0) is 9.05 Å². The quantitative estimate of drug-likeness (QED) is 0.476. The maximum Gasteiger partial charge on any atom is 0.286 e. The molecule has 0 unspecified atom stereocenters. The fraction of sp³-hybridized carbons (Fsp3) is 0. The highest BCUT2D eigenvalue weighted by molar-refractivity contribution is 9.10. The van der Waals surface area contributed by atoms with E-state index in [4.69, 9.17) is 10.7 Å². The minimum absolute atomic E-state index is 0.547. The Labute approximate surface area is 96.5 Å². The molecule has 0 saturated heterocycles. The van der Waals surface area contributed by atoms with Gasteiger partial charge in [0.05, 0.1) is 4.92 Å². The second-order valence-electron chi connectivity index (χ2n) is 2.41. The van der Waals surface area contributed by atoms with Crippen LogP contribution in [0.3, 0.4) is 0 Å². The van der Waals surface area contributed by atoms with Gasteiger partial charge >= 0.3 is 0 Å². The molecule has 0 N–H and O–H groups in total. The summed E-state index contributed by atoms with van der Waals surface area (Å²) in [6.07, 6.45) is 0. The van der Waals surface area contributed by atoms with Crippen LogP contribution in [0.15, 0.2) is 21.5 Å². The third kappa shape index (κ3) is 2.44. The van der Waals surface area contributed by atoms with E-state index >= 15 is 0 Å². The number of hydrogen-bond donors (Lipinski definition) is 0. The minimum Gasteiger partial charge on any atom is -0.258 e. The summed E-state index contributed by atoms with van der Waals surface area (Å²) in [5.41, 5.74) is -0.573. The summed E-state index contributed by atoms with van der Waals surface area (Å²) in [5, 5.41) is 10.4. The Bertz CT molecular complexity index is 532. The van der Waals surface area contributed by atoms with Crippen LogP contribution >= 0.6 is 26.6 Å². The topological polar surface area (TPSA) is 77.3 Å². The molecule has 0 atom stereocenters. The maximum absolute atomic E-state index is 13.3. The van der Waals surface area contributed by atoms with Crippen molar-refractivity contribution < 1.29 is 17.7 Å². The Morgan fingerprint density at radius 2 is 2.00 bits per heavy atom. The van der Waals surface area contributed by atoms with Crippen molar-refractivity contribution in [3.63, 3.8) is 0 Å². The average Bonchev–Trinajstić information content (AvgIpc) is 2.06. The molecule has 0 amide bonds. The molecule has 1 rings (SSSR count). The fourth-order valence-electron chi connectivity index (χ4n) is 0.851. The molecule has 0 radical (unpaired) electrons. The van der Waals surface area contributed by atoms with Crippen LogP contribution in [0.25, 0.3) is 0 Å². The normalized spacial score (nSPS) is 11.4. The van der Waals surface area contributed by atoms with Crippen LogP contribution in [0.2, 0.25) is 0 Å². The smallest absolute Gasteiger partial charge is 0.258 e. The fourth-order valence-corrected chi connectivity index (χ4v) is 2.38. The van der Waals surface area contributed by atoms with Gasteiger partial charge in [-0.05, 0) is 22.0 Å². The van der Waals surface area contributed by atoms with Crippen LogP contribution in [0.5, 0.6) is 0 Å². The van der Waals surface area contributed by atoms with Crippen molar-refractivity contribution in [3.8, 4) is 0 Å². The summed E-state index contributed by atoms with van der Waals surface area (Å²) in [6, 6.07) is 1.59. The summed E-state index contributed by atoms with van der Waals surface area (Å²) in [7, 11) is 0.655. The standard InChI is InChI=1S/C6H2BrClFNO4S/c7-5-3(10(11)12)1-2-4(6(5)9)15(8,13)14/h1-2H. The highest BCUT2D eigenvalue weighted by Gasteiger charge is 2.24. The van der Waals surface area contributed by atoms with Crippen molar-refractivity contribution in [1.82, 2.24) is 0 Å². The first kappa shape index (κ1) is 12.3. The minimum atomic E-state index is -4.25. The Balaban J connectivity index is 3.55. The van der Waals surface area contributed by atoms with Gasteiger partial charge in [-0.3, -0.25) is 10.1 Å². The summed E-state index contributed by atoms with van der Waals surface area (Å²) < 4.78 is 34.4.